The van der Waals surface area contributed by atoms with Crippen LogP contribution in [0.3, 0.4) is 0 Å². The van der Waals surface area contributed by atoms with Crippen molar-refractivity contribution in [2.75, 3.05) is 0 Å². The zero-order chi connectivity index (χ0) is 10.7. The summed E-state index contributed by atoms with van der Waals surface area (Å²) in [5.41, 5.74) is 1.03. The molecular formula is C11H11Cl2FN2. The van der Waals surface area contributed by atoms with E-state index in [-0.39, 0.29) is 18.2 Å². The molecule has 2 aromatic rings. The van der Waals surface area contributed by atoms with Crippen LogP contribution in [-0.2, 0) is 12.4 Å². The van der Waals surface area contributed by atoms with Crippen LogP contribution in [0.5, 0.6) is 0 Å². The van der Waals surface area contributed by atoms with Crippen LogP contribution in [-0.4, -0.2) is 9.55 Å². The Bertz CT molecular complexity index is 440. The van der Waals surface area contributed by atoms with Crippen LogP contribution >= 0.6 is 24.0 Å². The number of rotatable bonds is 3. The van der Waals surface area contributed by atoms with Crippen molar-refractivity contribution in [1.29, 1.82) is 0 Å². The van der Waals surface area contributed by atoms with E-state index >= 15 is 0 Å². The molecule has 1 aromatic heterocycles. The number of aromatic nitrogens is 2. The fourth-order valence-corrected chi connectivity index (χ4v) is 1.62. The largest absolute Gasteiger partial charge is 0.330 e. The van der Waals surface area contributed by atoms with Gasteiger partial charge in [0.2, 0.25) is 0 Å². The number of benzene rings is 1. The highest BCUT2D eigenvalue weighted by atomic mass is 35.5. The normalized spacial score (nSPS) is 9.88. The van der Waals surface area contributed by atoms with E-state index in [1.54, 1.807) is 18.3 Å². The van der Waals surface area contributed by atoms with Crippen LogP contribution in [0.4, 0.5) is 4.39 Å². The van der Waals surface area contributed by atoms with Crippen molar-refractivity contribution in [3.05, 3.63) is 53.9 Å². The lowest BCUT2D eigenvalue weighted by Gasteiger charge is -2.05. The fourth-order valence-electron chi connectivity index (χ4n) is 1.40. The van der Waals surface area contributed by atoms with Gasteiger partial charge < -0.3 is 4.57 Å². The molecule has 0 radical (unpaired) electrons. The summed E-state index contributed by atoms with van der Waals surface area (Å²) < 4.78 is 14.6. The van der Waals surface area contributed by atoms with E-state index in [0.717, 1.165) is 11.4 Å². The van der Waals surface area contributed by atoms with Gasteiger partial charge in [-0.1, -0.05) is 12.1 Å². The van der Waals surface area contributed by atoms with Gasteiger partial charge in [-0.25, -0.2) is 9.37 Å². The van der Waals surface area contributed by atoms with Gasteiger partial charge >= 0.3 is 0 Å². The van der Waals surface area contributed by atoms with Crippen LogP contribution in [0.15, 0.2) is 36.7 Å². The second-order valence-electron chi connectivity index (χ2n) is 3.23. The van der Waals surface area contributed by atoms with Gasteiger partial charge in [0.1, 0.15) is 11.6 Å². The lowest BCUT2D eigenvalue weighted by Crippen LogP contribution is -2.02. The van der Waals surface area contributed by atoms with Gasteiger partial charge in [0.05, 0.1) is 5.88 Å². The first-order valence-corrected chi connectivity index (χ1v) is 5.13. The van der Waals surface area contributed by atoms with Gasteiger partial charge in [-0.15, -0.1) is 24.0 Å². The molecule has 0 aliphatic rings. The van der Waals surface area contributed by atoms with Crippen LogP contribution in [0.1, 0.15) is 11.4 Å². The summed E-state index contributed by atoms with van der Waals surface area (Å²) in [6.07, 6.45) is 3.57. The summed E-state index contributed by atoms with van der Waals surface area (Å²) >= 11 is 5.72. The average Bonchev–Trinajstić information content (AvgIpc) is 2.69. The number of halogens is 3. The zero-order valence-corrected chi connectivity index (χ0v) is 10.0. The van der Waals surface area contributed by atoms with E-state index in [0.29, 0.717) is 12.4 Å². The first kappa shape index (κ1) is 13.0. The highest BCUT2D eigenvalue weighted by Crippen LogP contribution is 2.08. The second-order valence-corrected chi connectivity index (χ2v) is 3.50. The lowest BCUT2D eigenvalue weighted by molar-refractivity contribution is 0.626. The van der Waals surface area contributed by atoms with Gasteiger partial charge in [0, 0.05) is 18.9 Å². The van der Waals surface area contributed by atoms with Gasteiger partial charge in [0.15, 0.2) is 0 Å². The maximum absolute atomic E-state index is 12.7. The molecule has 0 aliphatic heterocycles. The molecule has 1 heterocycles. The summed E-state index contributed by atoms with van der Waals surface area (Å²) in [5.74, 6) is 0.983. The molecular weight excluding hydrogens is 250 g/mol. The van der Waals surface area contributed by atoms with Gasteiger partial charge in [-0.3, -0.25) is 0 Å². The Morgan fingerprint density at radius 2 is 1.94 bits per heavy atom. The molecule has 0 atom stereocenters. The van der Waals surface area contributed by atoms with Gasteiger partial charge in [-0.2, -0.15) is 0 Å². The van der Waals surface area contributed by atoms with Gasteiger partial charge in [0.25, 0.3) is 0 Å². The van der Waals surface area contributed by atoms with E-state index in [9.17, 15) is 4.39 Å². The third kappa shape index (κ3) is 2.97. The molecule has 0 amide bonds. The van der Waals surface area contributed by atoms with Crippen molar-refractivity contribution in [2.45, 2.75) is 12.4 Å². The third-order valence-corrected chi connectivity index (χ3v) is 2.43. The molecule has 5 heteroatoms. The molecule has 0 spiro atoms. The maximum atomic E-state index is 12.7. The molecule has 0 saturated carbocycles. The molecule has 0 aliphatic carbocycles. The number of nitrogens with zero attached hydrogens (tertiary/aromatic N) is 2. The number of alkyl halides is 1. The molecule has 2 nitrogen and oxygen atoms in total. The minimum Gasteiger partial charge on any atom is -0.330 e. The Morgan fingerprint density at radius 3 is 2.56 bits per heavy atom. The molecule has 0 saturated heterocycles. The van der Waals surface area contributed by atoms with E-state index in [4.69, 9.17) is 11.6 Å². The summed E-state index contributed by atoms with van der Waals surface area (Å²) in [5, 5.41) is 0. The van der Waals surface area contributed by atoms with Crippen molar-refractivity contribution in [3.63, 3.8) is 0 Å². The monoisotopic (exact) mass is 260 g/mol. The van der Waals surface area contributed by atoms with Crippen molar-refractivity contribution in [1.82, 2.24) is 9.55 Å². The quantitative estimate of drug-likeness (QED) is 0.775. The minimum absolute atomic E-state index is 0. The predicted molar refractivity (Wildman–Crippen MR) is 64.5 cm³/mol. The Balaban J connectivity index is 0.00000128. The first-order valence-electron chi connectivity index (χ1n) is 4.60. The van der Waals surface area contributed by atoms with Crippen LogP contribution in [0.25, 0.3) is 0 Å². The molecule has 86 valence electrons. The van der Waals surface area contributed by atoms with Crippen LogP contribution in [0, 0.1) is 5.82 Å². The zero-order valence-electron chi connectivity index (χ0n) is 8.44. The molecule has 2 rings (SSSR count). The molecule has 0 unspecified atom stereocenters. The second kappa shape index (κ2) is 5.87. The Labute approximate surface area is 104 Å². The molecule has 0 bridgehead atoms. The predicted octanol–water partition coefficient (Wildman–Crippen LogP) is 3.23. The van der Waals surface area contributed by atoms with E-state index < -0.39 is 0 Å². The highest BCUT2D eigenvalue weighted by Gasteiger charge is 2.01. The Kier molecular flexibility index (Phi) is 4.77. The van der Waals surface area contributed by atoms with Crippen molar-refractivity contribution >= 4 is 24.0 Å². The van der Waals surface area contributed by atoms with Crippen LogP contribution < -0.4 is 0 Å². The van der Waals surface area contributed by atoms with Crippen LogP contribution in [0.2, 0.25) is 0 Å². The van der Waals surface area contributed by atoms with E-state index in [2.05, 4.69) is 4.98 Å². The highest BCUT2D eigenvalue weighted by molar-refractivity contribution is 6.16. The smallest absolute Gasteiger partial charge is 0.123 e. The summed E-state index contributed by atoms with van der Waals surface area (Å²) in [7, 11) is 0. The van der Waals surface area contributed by atoms with Gasteiger partial charge in [-0.05, 0) is 17.7 Å². The summed E-state index contributed by atoms with van der Waals surface area (Å²) in [6.45, 7) is 0.669. The third-order valence-electron chi connectivity index (χ3n) is 2.19. The lowest BCUT2D eigenvalue weighted by atomic mass is 10.2. The SMILES string of the molecule is Cl.Fc1ccc(Cn2ccnc2CCl)cc1. The topological polar surface area (TPSA) is 17.8 Å². The number of hydrogen-bond acceptors (Lipinski definition) is 1. The number of imidazole rings is 1. The molecule has 1 aromatic carbocycles. The average molecular weight is 261 g/mol. The van der Waals surface area contributed by atoms with Crippen molar-refractivity contribution in [2.24, 2.45) is 0 Å². The van der Waals surface area contributed by atoms with Crippen molar-refractivity contribution in [3.8, 4) is 0 Å². The van der Waals surface area contributed by atoms with E-state index in [1.165, 1.54) is 12.1 Å². The van der Waals surface area contributed by atoms with Crippen molar-refractivity contribution < 1.29 is 4.39 Å². The molecule has 16 heavy (non-hydrogen) atoms. The fraction of sp³-hybridized carbons (Fsp3) is 0.182. The maximum Gasteiger partial charge on any atom is 0.123 e. The summed E-state index contributed by atoms with van der Waals surface area (Å²) in [6, 6.07) is 6.42. The first-order chi connectivity index (χ1) is 7.29. The number of hydrogen-bond donors (Lipinski definition) is 0. The standard InChI is InChI=1S/C11H10ClFN2.ClH/c12-7-11-14-5-6-15(11)8-9-1-3-10(13)4-2-9;/h1-6H,7-8H2;1H. The molecule has 0 fully saturated rings. The Hall–Kier alpha value is -1.06. The molecule has 0 N–H and O–H groups in total. The minimum atomic E-state index is -0.220. The van der Waals surface area contributed by atoms with E-state index in [1.807, 2.05) is 10.8 Å². The summed E-state index contributed by atoms with van der Waals surface area (Å²) in [4.78, 5) is 4.11. The Morgan fingerprint density at radius 1 is 1.25 bits per heavy atom.